The molecule has 0 bridgehead atoms. The van der Waals surface area contributed by atoms with Gasteiger partial charge in [-0.25, -0.2) is 17.1 Å². The molecule has 8 nitrogen and oxygen atoms in total. The molecule has 2 aromatic rings. The van der Waals surface area contributed by atoms with Crippen LogP contribution in [0, 0.1) is 5.82 Å². The predicted molar refractivity (Wildman–Crippen MR) is 131 cm³/mol. The van der Waals surface area contributed by atoms with Gasteiger partial charge in [-0.1, -0.05) is 44.0 Å². The number of rotatable bonds is 9. The third-order valence-corrected chi connectivity index (χ3v) is 8.63. The quantitative estimate of drug-likeness (QED) is 0.552. The Bertz CT molecular complexity index is 1240. The SMILES string of the molecule is CC[C@H](C(=O)NC1CCCC1)N(Cc1ccc(F)cc1)C(=O)CCN1C(=O)c2ccccc2S1(=O)=O. The number of hydrogen-bond acceptors (Lipinski definition) is 5. The number of sulfonamides is 1. The maximum atomic E-state index is 13.4. The van der Waals surface area contributed by atoms with Crippen molar-refractivity contribution >= 4 is 27.7 Å². The molecular formula is C26H30FN3O5S. The fourth-order valence-corrected chi connectivity index (χ4v) is 6.44. The largest absolute Gasteiger partial charge is 0.352 e. The van der Waals surface area contributed by atoms with E-state index < -0.39 is 33.7 Å². The monoisotopic (exact) mass is 515 g/mol. The van der Waals surface area contributed by atoms with Crippen LogP contribution in [0.15, 0.2) is 53.4 Å². The first-order valence-corrected chi connectivity index (χ1v) is 13.7. The van der Waals surface area contributed by atoms with Gasteiger partial charge in [-0.15, -0.1) is 0 Å². The molecule has 3 amide bonds. The minimum absolute atomic E-state index is 0.0522. The van der Waals surface area contributed by atoms with E-state index in [-0.39, 0.29) is 41.9 Å². The van der Waals surface area contributed by atoms with Gasteiger partial charge in [-0.3, -0.25) is 14.4 Å². The minimum Gasteiger partial charge on any atom is -0.352 e. The van der Waals surface area contributed by atoms with Crippen molar-refractivity contribution in [2.24, 2.45) is 0 Å². The van der Waals surface area contributed by atoms with Crippen LogP contribution in [-0.2, 0) is 26.2 Å². The molecule has 1 fully saturated rings. The summed E-state index contributed by atoms with van der Waals surface area (Å²) in [4.78, 5) is 40.7. The van der Waals surface area contributed by atoms with E-state index in [0.717, 1.165) is 25.7 Å². The molecule has 1 saturated carbocycles. The van der Waals surface area contributed by atoms with E-state index >= 15 is 0 Å². The van der Waals surface area contributed by atoms with Crippen LogP contribution in [0.2, 0.25) is 0 Å². The Labute approximate surface area is 210 Å². The highest BCUT2D eigenvalue weighted by molar-refractivity contribution is 7.90. The summed E-state index contributed by atoms with van der Waals surface area (Å²) >= 11 is 0. The van der Waals surface area contributed by atoms with E-state index in [9.17, 15) is 27.2 Å². The molecule has 1 aliphatic carbocycles. The second kappa shape index (κ2) is 10.8. The Morgan fingerprint density at radius 1 is 1.11 bits per heavy atom. The number of halogens is 1. The Hall–Kier alpha value is -3.27. The first-order valence-electron chi connectivity index (χ1n) is 12.2. The maximum absolute atomic E-state index is 13.4. The second-order valence-corrected chi connectivity index (χ2v) is 11.0. The Kier molecular flexibility index (Phi) is 7.73. The second-order valence-electron chi connectivity index (χ2n) is 9.19. The molecule has 0 spiro atoms. The van der Waals surface area contributed by atoms with Gasteiger partial charge < -0.3 is 10.2 Å². The zero-order valence-electron chi connectivity index (χ0n) is 20.2. The topological polar surface area (TPSA) is 104 Å². The predicted octanol–water partition coefficient (Wildman–Crippen LogP) is 3.23. The number of carbonyl (C=O) groups excluding carboxylic acids is 3. The molecule has 1 atom stereocenters. The minimum atomic E-state index is -4.05. The molecule has 4 rings (SSSR count). The zero-order chi connectivity index (χ0) is 25.9. The standard InChI is InChI=1S/C26H30FN3O5S/c1-2-22(25(32)28-20-7-3-4-8-20)29(17-18-11-13-19(27)14-12-18)24(31)15-16-30-26(33)21-9-5-6-10-23(21)36(30,34)35/h5-6,9-14,20,22H,2-4,7-8,15-17H2,1H3,(H,28,32)/t22-/m1/s1. The smallest absolute Gasteiger partial charge is 0.269 e. The van der Waals surface area contributed by atoms with Gasteiger partial charge >= 0.3 is 0 Å². The van der Waals surface area contributed by atoms with Crippen molar-refractivity contribution in [1.29, 1.82) is 0 Å². The molecule has 0 aromatic heterocycles. The van der Waals surface area contributed by atoms with E-state index in [0.29, 0.717) is 16.3 Å². The highest BCUT2D eigenvalue weighted by Gasteiger charge is 2.41. The van der Waals surface area contributed by atoms with Crippen molar-refractivity contribution in [3.05, 3.63) is 65.5 Å². The van der Waals surface area contributed by atoms with Gasteiger partial charge in [-0.2, -0.15) is 0 Å². The summed E-state index contributed by atoms with van der Waals surface area (Å²) < 4.78 is 39.9. The summed E-state index contributed by atoms with van der Waals surface area (Å²) in [6.07, 6.45) is 3.93. The normalized spacial score (nSPS) is 17.6. The molecule has 1 N–H and O–H groups in total. The number of nitrogens with zero attached hydrogens (tertiary/aromatic N) is 2. The van der Waals surface area contributed by atoms with Crippen molar-refractivity contribution in [2.45, 2.75) is 69.0 Å². The van der Waals surface area contributed by atoms with Gasteiger partial charge in [0.2, 0.25) is 11.8 Å². The average molecular weight is 516 g/mol. The number of amides is 3. The van der Waals surface area contributed by atoms with E-state index in [4.69, 9.17) is 0 Å². The highest BCUT2D eigenvalue weighted by Crippen LogP contribution is 2.30. The third-order valence-electron chi connectivity index (χ3n) is 6.79. The van der Waals surface area contributed by atoms with Crippen molar-refractivity contribution in [1.82, 2.24) is 14.5 Å². The van der Waals surface area contributed by atoms with E-state index in [2.05, 4.69) is 5.32 Å². The van der Waals surface area contributed by atoms with Crippen LogP contribution in [0.4, 0.5) is 4.39 Å². The van der Waals surface area contributed by atoms with Crippen LogP contribution in [0.3, 0.4) is 0 Å². The Morgan fingerprint density at radius 2 is 1.78 bits per heavy atom. The summed E-state index contributed by atoms with van der Waals surface area (Å²) in [5, 5.41) is 3.04. The fourth-order valence-electron chi connectivity index (χ4n) is 4.87. The summed E-state index contributed by atoms with van der Waals surface area (Å²) in [6.45, 7) is 1.51. The lowest BCUT2D eigenvalue weighted by Crippen LogP contribution is -2.51. The first-order chi connectivity index (χ1) is 17.2. The summed E-state index contributed by atoms with van der Waals surface area (Å²) in [6, 6.07) is 10.9. The molecule has 10 heteroatoms. The molecule has 36 heavy (non-hydrogen) atoms. The number of hydrogen-bond donors (Lipinski definition) is 1. The van der Waals surface area contributed by atoms with Gasteiger partial charge in [-0.05, 0) is 49.1 Å². The van der Waals surface area contributed by atoms with Crippen molar-refractivity contribution in [3.63, 3.8) is 0 Å². The lowest BCUT2D eigenvalue weighted by molar-refractivity contribution is -0.141. The zero-order valence-corrected chi connectivity index (χ0v) is 21.0. The number of fused-ring (bicyclic) bond motifs is 1. The first kappa shape index (κ1) is 25.8. The van der Waals surface area contributed by atoms with Crippen LogP contribution < -0.4 is 5.32 Å². The van der Waals surface area contributed by atoms with E-state index in [1.54, 1.807) is 25.1 Å². The molecule has 0 radical (unpaired) electrons. The van der Waals surface area contributed by atoms with Crippen molar-refractivity contribution in [3.8, 4) is 0 Å². The molecule has 1 aliphatic heterocycles. The lowest BCUT2D eigenvalue weighted by atomic mass is 10.1. The van der Waals surface area contributed by atoms with E-state index in [1.807, 2.05) is 0 Å². The van der Waals surface area contributed by atoms with Gasteiger partial charge in [0.15, 0.2) is 0 Å². The molecule has 2 aromatic carbocycles. The van der Waals surface area contributed by atoms with E-state index in [1.165, 1.54) is 35.2 Å². The molecule has 2 aliphatic rings. The van der Waals surface area contributed by atoms with Crippen LogP contribution >= 0.6 is 0 Å². The Balaban J connectivity index is 1.53. The molecule has 0 unspecified atom stereocenters. The molecular weight excluding hydrogens is 485 g/mol. The summed E-state index contributed by atoms with van der Waals surface area (Å²) in [5.41, 5.74) is 0.713. The summed E-state index contributed by atoms with van der Waals surface area (Å²) in [7, 11) is -4.05. The highest BCUT2D eigenvalue weighted by atomic mass is 32.2. The average Bonchev–Trinajstić information content (AvgIpc) is 3.43. The van der Waals surface area contributed by atoms with Crippen LogP contribution in [0.5, 0.6) is 0 Å². The van der Waals surface area contributed by atoms with Crippen molar-refractivity contribution in [2.75, 3.05) is 6.54 Å². The lowest BCUT2D eigenvalue weighted by Gasteiger charge is -2.32. The molecule has 1 heterocycles. The summed E-state index contributed by atoms with van der Waals surface area (Å²) in [5.74, 6) is -1.82. The van der Waals surface area contributed by atoms with Crippen LogP contribution in [0.25, 0.3) is 0 Å². The van der Waals surface area contributed by atoms with Crippen LogP contribution in [0.1, 0.15) is 61.4 Å². The third kappa shape index (κ3) is 5.28. The van der Waals surface area contributed by atoms with Gasteiger partial charge in [0.05, 0.1) is 5.56 Å². The Morgan fingerprint density at radius 3 is 2.42 bits per heavy atom. The van der Waals surface area contributed by atoms with Gasteiger partial charge in [0, 0.05) is 25.6 Å². The van der Waals surface area contributed by atoms with Crippen molar-refractivity contribution < 1.29 is 27.2 Å². The number of nitrogens with one attached hydrogen (secondary N) is 1. The van der Waals surface area contributed by atoms with Crippen LogP contribution in [-0.4, -0.2) is 54.0 Å². The number of benzene rings is 2. The van der Waals surface area contributed by atoms with Gasteiger partial charge in [0.25, 0.3) is 15.9 Å². The molecule has 192 valence electrons. The number of carbonyl (C=O) groups is 3. The fraction of sp³-hybridized carbons (Fsp3) is 0.423. The van der Waals surface area contributed by atoms with Gasteiger partial charge in [0.1, 0.15) is 16.8 Å². The maximum Gasteiger partial charge on any atom is 0.269 e. The molecule has 0 saturated heterocycles.